The molecule has 342 valence electrons. The largest absolute Gasteiger partial charge is 0.361 e. The summed E-state index contributed by atoms with van der Waals surface area (Å²) < 4.78 is 0. The average Bonchev–Trinajstić information content (AvgIpc) is 4.01. The highest BCUT2D eigenvalue weighted by atomic mass is 16.2. The summed E-state index contributed by atoms with van der Waals surface area (Å²) in [7, 11) is 0. The van der Waals surface area contributed by atoms with E-state index < -0.39 is 78.1 Å². The Morgan fingerprint density at radius 3 is 1.71 bits per heavy atom. The van der Waals surface area contributed by atoms with Crippen molar-refractivity contribution in [1.29, 1.82) is 0 Å². The second-order valence-corrected chi connectivity index (χ2v) is 17.2. The fourth-order valence-corrected chi connectivity index (χ4v) is 7.27. The third-order valence-corrected chi connectivity index (χ3v) is 10.3. The van der Waals surface area contributed by atoms with Crippen molar-refractivity contribution in [1.82, 2.24) is 62.1 Å². The molecular formula is C44H64N12O7. The van der Waals surface area contributed by atoms with Crippen LogP contribution in [0.15, 0.2) is 55.5 Å². The first-order valence-corrected chi connectivity index (χ1v) is 21.4. The second kappa shape index (κ2) is 23.6. The average molecular weight is 873 g/mol. The number of H-pyrrole nitrogens is 3. The summed E-state index contributed by atoms with van der Waals surface area (Å²) in [4.78, 5) is 111. The number of hydrogen-bond acceptors (Lipinski definition) is 9. The lowest BCUT2D eigenvalue weighted by atomic mass is 9.95. The molecule has 10 N–H and O–H groups in total. The van der Waals surface area contributed by atoms with Gasteiger partial charge in [-0.15, -0.1) is 0 Å². The Bertz CT molecular complexity index is 2120. The Morgan fingerprint density at radius 2 is 1.16 bits per heavy atom. The molecule has 7 amide bonds. The van der Waals surface area contributed by atoms with E-state index in [1.54, 1.807) is 26.2 Å². The van der Waals surface area contributed by atoms with E-state index in [1.807, 2.05) is 24.3 Å². The second-order valence-electron chi connectivity index (χ2n) is 17.2. The van der Waals surface area contributed by atoms with Gasteiger partial charge in [0.15, 0.2) is 0 Å². The summed E-state index contributed by atoms with van der Waals surface area (Å²) >= 11 is 0. The van der Waals surface area contributed by atoms with E-state index in [9.17, 15) is 33.6 Å². The summed E-state index contributed by atoms with van der Waals surface area (Å²) in [6.45, 7) is 14.0. The third-order valence-electron chi connectivity index (χ3n) is 10.3. The summed E-state index contributed by atoms with van der Waals surface area (Å²) in [6.07, 6.45) is 9.55. The summed E-state index contributed by atoms with van der Waals surface area (Å²) in [5, 5.41) is 20.0. The van der Waals surface area contributed by atoms with Crippen LogP contribution in [0.5, 0.6) is 0 Å². The number of nitrogens with zero attached hydrogens (tertiary/aromatic N) is 2. The molecule has 63 heavy (non-hydrogen) atoms. The van der Waals surface area contributed by atoms with Crippen LogP contribution in [0.3, 0.4) is 0 Å². The topological polar surface area (TPSA) is 277 Å². The molecule has 19 heteroatoms. The van der Waals surface area contributed by atoms with E-state index in [-0.39, 0.29) is 31.2 Å². The maximum atomic E-state index is 14.0. The number of carbonyl (C=O) groups is 7. The zero-order valence-corrected chi connectivity index (χ0v) is 37.4. The molecule has 0 aliphatic heterocycles. The van der Waals surface area contributed by atoms with Gasteiger partial charge in [0, 0.05) is 73.1 Å². The number of aromatic amines is 3. The zero-order chi connectivity index (χ0) is 46.2. The number of amides is 7. The number of nitrogens with one attached hydrogen (secondary N) is 10. The van der Waals surface area contributed by atoms with Gasteiger partial charge in [0.25, 0.3) is 0 Å². The van der Waals surface area contributed by atoms with E-state index in [0.717, 1.165) is 29.3 Å². The molecule has 4 rings (SSSR count). The van der Waals surface area contributed by atoms with Gasteiger partial charge in [-0.1, -0.05) is 59.7 Å². The Labute approximate surface area is 367 Å². The summed E-state index contributed by atoms with van der Waals surface area (Å²) in [5.41, 5.74) is 2.77. The fraction of sp³-hybridized carbons (Fsp3) is 0.523. The third kappa shape index (κ3) is 15.7. The molecule has 4 aromatic rings. The molecule has 3 aromatic heterocycles. The van der Waals surface area contributed by atoms with Gasteiger partial charge in [0.05, 0.1) is 19.2 Å². The molecule has 3 heterocycles. The maximum Gasteiger partial charge on any atom is 0.243 e. The molecule has 5 atom stereocenters. The van der Waals surface area contributed by atoms with Crippen molar-refractivity contribution in [2.24, 2.45) is 17.8 Å². The van der Waals surface area contributed by atoms with E-state index in [1.165, 1.54) is 32.7 Å². The van der Waals surface area contributed by atoms with Crippen LogP contribution in [0, 0.1) is 17.8 Å². The lowest BCUT2D eigenvalue weighted by Crippen LogP contribution is -2.59. The molecule has 0 aliphatic rings. The highest BCUT2D eigenvalue weighted by Gasteiger charge is 2.32. The molecule has 0 saturated heterocycles. The smallest absolute Gasteiger partial charge is 0.243 e. The van der Waals surface area contributed by atoms with Crippen molar-refractivity contribution in [3.63, 3.8) is 0 Å². The van der Waals surface area contributed by atoms with Crippen molar-refractivity contribution in [3.05, 3.63) is 72.5 Å². The minimum atomic E-state index is -1.19. The number of rotatable bonds is 24. The van der Waals surface area contributed by atoms with Crippen molar-refractivity contribution < 1.29 is 33.6 Å². The fourth-order valence-electron chi connectivity index (χ4n) is 7.27. The maximum absolute atomic E-state index is 14.0. The van der Waals surface area contributed by atoms with Crippen molar-refractivity contribution in [2.75, 3.05) is 6.54 Å². The number of aromatic nitrogens is 5. The van der Waals surface area contributed by atoms with Crippen LogP contribution in [0.1, 0.15) is 85.2 Å². The van der Waals surface area contributed by atoms with E-state index >= 15 is 0 Å². The number of imidazole rings is 2. The van der Waals surface area contributed by atoms with Gasteiger partial charge in [-0.3, -0.25) is 33.6 Å². The molecular weight excluding hydrogens is 809 g/mol. The predicted molar refractivity (Wildman–Crippen MR) is 236 cm³/mol. The predicted octanol–water partition coefficient (Wildman–Crippen LogP) is 1.46. The molecule has 0 fully saturated rings. The molecule has 1 aromatic carbocycles. The Balaban J connectivity index is 1.41. The van der Waals surface area contributed by atoms with Gasteiger partial charge in [0.2, 0.25) is 41.4 Å². The van der Waals surface area contributed by atoms with Gasteiger partial charge in [-0.25, -0.2) is 9.97 Å². The highest BCUT2D eigenvalue weighted by Crippen LogP contribution is 2.20. The van der Waals surface area contributed by atoms with Gasteiger partial charge < -0.3 is 52.2 Å². The summed E-state index contributed by atoms with van der Waals surface area (Å²) in [6, 6.07) is 1.89. The molecule has 0 saturated carbocycles. The van der Waals surface area contributed by atoms with Gasteiger partial charge >= 0.3 is 0 Å². The first-order chi connectivity index (χ1) is 29.9. The van der Waals surface area contributed by atoms with Crippen molar-refractivity contribution in [3.8, 4) is 0 Å². The lowest BCUT2D eigenvalue weighted by molar-refractivity contribution is -0.135. The number of para-hydroxylation sites is 1. The number of hydrogen-bond donors (Lipinski definition) is 10. The van der Waals surface area contributed by atoms with Gasteiger partial charge in [-0.2, -0.15) is 0 Å². The monoisotopic (exact) mass is 873 g/mol. The first-order valence-electron chi connectivity index (χ1n) is 21.4. The van der Waals surface area contributed by atoms with E-state index in [0.29, 0.717) is 23.2 Å². The van der Waals surface area contributed by atoms with Crippen LogP contribution < -0.4 is 37.2 Å². The quantitative estimate of drug-likeness (QED) is 0.0488. The minimum Gasteiger partial charge on any atom is -0.361 e. The summed E-state index contributed by atoms with van der Waals surface area (Å²) in [5.74, 6) is -3.84. The van der Waals surface area contributed by atoms with Crippen molar-refractivity contribution in [2.45, 2.75) is 124 Å². The van der Waals surface area contributed by atoms with Crippen molar-refractivity contribution >= 4 is 52.3 Å². The highest BCUT2D eigenvalue weighted by molar-refractivity contribution is 5.97. The van der Waals surface area contributed by atoms with Crippen LogP contribution >= 0.6 is 0 Å². The van der Waals surface area contributed by atoms with Crippen LogP contribution in [0.25, 0.3) is 10.9 Å². The molecule has 0 aliphatic carbocycles. The van der Waals surface area contributed by atoms with Crippen LogP contribution in [0.2, 0.25) is 0 Å². The number of benzene rings is 1. The van der Waals surface area contributed by atoms with Crippen LogP contribution in [-0.4, -0.2) is 109 Å². The van der Waals surface area contributed by atoms with E-state index in [2.05, 4.69) is 89.8 Å². The van der Waals surface area contributed by atoms with Crippen LogP contribution in [-0.2, 0) is 52.8 Å². The van der Waals surface area contributed by atoms with Gasteiger partial charge in [0.1, 0.15) is 30.2 Å². The molecule has 0 bridgehead atoms. The van der Waals surface area contributed by atoms with Gasteiger partial charge in [-0.05, 0) is 49.1 Å². The molecule has 19 nitrogen and oxygen atoms in total. The Hall–Kier alpha value is -6.53. The Morgan fingerprint density at radius 1 is 0.603 bits per heavy atom. The molecule has 0 unspecified atom stereocenters. The zero-order valence-electron chi connectivity index (χ0n) is 37.4. The molecule has 0 spiro atoms. The lowest BCUT2D eigenvalue weighted by Gasteiger charge is -2.26. The normalized spacial score (nSPS) is 13.8. The standard InChI is InChI=1S/C44H64N12O7/c1-24(2)13-30(14-25(3)4)53-42(61)37(17-32-20-46-23-50-32)54-38(58)21-48-44(63)39(26(5)6)56-40(59)27(7)51-41(60)35(15-29-18-47-34-12-10-9-11-33(29)34)55-43(62)36(52-28(8)57)16-31-19-45-22-49-31/h9-12,18-20,22-27,30,35-37,39,47H,13-17,21H2,1-8H3,(H,45,49)(H,46,50)(H,48,63)(H,51,60)(H,52,57)(H,53,61)(H,54,58)(H,55,62)(H,56,59)/t27-,35-,36-,37-,39-/m0/s1. The Kier molecular flexibility index (Phi) is 18.4. The van der Waals surface area contributed by atoms with E-state index in [4.69, 9.17) is 0 Å². The van der Waals surface area contributed by atoms with Crippen LogP contribution in [0.4, 0.5) is 0 Å². The number of carbonyl (C=O) groups excluding carboxylic acids is 7. The SMILES string of the molecule is CC(=O)N[C@@H](Cc1cnc[nH]1)C(=O)N[C@@H](Cc1c[nH]c2ccccc12)C(=O)N[C@@H](C)C(=O)N[C@H](C(=O)NCC(=O)N[C@@H](Cc1cnc[nH]1)C(=O)NC(CC(C)C)CC(C)C)C(C)C. The molecule has 0 radical (unpaired) electrons. The first kappa shape index (κ1) is 49.1. The number of fused-ring (bicyclic) bond motifs is 1. The minimum absolute atomic E-state index is 0.0345.